The lowest BCUT2D eigenvalue weighted by atomic mass is 10.0. The van der Waals surface area contributed by atoms with Crippen molar-refractivity contribution in [3.63, 3.8) is 0 Å². The Morgan fingerprint density at radius 2 is 2.16 bits per heavy atom. The zero-order valence-corrected chi connectivity index (χ0v) is 11.9. The molecule has 2 aliphatic heterocycles. The number of carbonyl (C=O) groups excluding carboxylic acids is 2. The lowest BCUT2D eigenvalue weighted by Crippen LogP contribution is -2.50. The highest BCUT2D eigenvalue weighted by Gasteiger charge is 2.36. The van der Waals surface area contributed by atoms with E-state index in [1.54, 1.807) is 0 Å². The largest absolute Gasteiger partial charge is 0.355 e. The van der Waals surface area contributed by atoms with Crippen molar-refractivity contribution in [2.45, 2.75) is 25.4 Å². The minimum absolute atomic E-state index is 0.189. The zero-order chi connectivity index (χ0) is 13.6. The molecular weight excluding hydrogens is 308 g/mol. The van der Waals surface area contributed by atoms with E-state index >= 15 is 0 Å². The quantitative estimate of drug-likeness (QED) is 0.806. The summed E-state index contributed by atoms with van der Waals surface area (Å²) in [5.41, 5.74) is 3.09. The molecule has 2 heterocycles. The van der Waals surface area contributed by atoms with Crippen LogP contribution in [-0.2, 0) is 16.1 Å². The summed E-state index contributed by atoms with van der Waals surface area (Å²) in [6, 6.07) is 5.73. The number of benzene rings is 1. The van der Waals surface area contributed by atoms with E-state index in [1.165, 1.54) is 0 Å². The molecule has 1 N–H and O–H groups in total. The van der Waals surface area contributed by atoms with Gasteiger partial charge in [-0.25, -0.2) is 0 Å². The average molecular weight is 321 g/mol. The first-order chi connectivity index (χ1) is 9.06. The van der Waals surface area contributed by atoms with Gasteiger partial charge in [-0.1, -0.05) is 28.6 Å². The van der Waals surface area contributed by atoms with E-state index in [-0.39, 0.29) is 17.9 Å². The van der Waals surface area contributed by atoms with Crippen molar-refractivity contribution in [3.8, 4) is 0 Å². The molecule has 0 aliphatic carbocycles. The second kappa shape index (κ2) is 4.49. The summed E-state index contributed by atoms with van der Waals surface area (Å²) in [5.74, 6) is -0.407. The van der Waals surface area contributed by atoms with Crippen molar-refractivity contribution in [3.05, 3.63) is 40.4 Å². The van der Waals surface area contributed by atoms with E-state index in [9.17, 15) is 9.59 Å². The fourth-order valence-corrected chi connectivity index (χ4v) is 3.09. The summed E-state index contributed by atoms with van der Waals surface area (Å²) in [4.78, 5) is 25.1. The summed E-state index contributed by atoms with van der Waals surface area (Å²) >= 11 is 3.45. The maximum Gasteiger partial charge on any atom is 0.249 e. The second-order valence-electron chi connectivity index (χ2n) is 4.84. The molecule has 98 valence electrons. The van der Waals surface area contributed by atoms with Gasteiger partial charge in [0.15, 0.2) is 0 Å². The van der Waals surface area contributed by atoms with Crippen LogP contribution in [0.25, 0.3) is 5.70 Å². The normalized spacial score (nSPS) is 22.5. The Morgan fingerprint density at radius 1 is 1.37 bits per heavy atom. The number of piperidine rings is 1. The van der Waals surface area contributed by atoms with Crippen LogP contribution in [0.4, 0.5) is 0 Å². The molecule has 2 aliphatic rings. The Balaban J connectivity index is 1.87. The molecule has 0 aromatic heterocycles. The molecule has 0 radical (unpaired) electrons. The standard InChI is InChI=1S/C14H13BrN2O2/c1-8-11-3-2-10(15)6-9(11)7-17(8)12-4-5-13(18)16-14(12)19/h2-3,6,12H,1,4-5,7H2,(H,16,18,19). The van der Waals surface area contributed by atoms with Crippen LogP contribution in [-0.4, -0.2) is 22.8 Å². The Morgan fingerprint density at radius 3 is 2.89 bits per heavy atom. The van der Waals surface area contributed by atoms with Crippen LogP contribution in [0.5, 0.6) is 0 Å². The molecule has 19 heavy (non-hydrogen) atoms. The van der Waals surface area contributed by atoms with Gasteiger partial charge in [0.05, 0.1) is 0 Å². The third kappa shape index (κ3) is 2.08. The maximum atomic E-state index is 11.9. The first-order valence-corrected chi connectivity index (χ1v) is 6.93. The first-order valence-electron chi connectivity index (χ1n) is 6.14. The summed E-state index contributed by atoms with van der Waals surface area (Å²) in [6.45, 7) is 4.75. The highest BCUT2D eigenvalue weighted by Crippen LogP contribution is 2.36. The van der Waals surface area contributed by atoms with Crippen molar-refractivity contribution >= 4 is 33.4 Å². The zero-order valence-electron chi connectivity index (χ0n) is 10.3. The number of nitrogens with zero attached hydrogens (tertiary/aromatic N) is 1. The smallest absolute Gasteiger partial charge is 0.249 e. The average Bonchev–Trinajstić information content (AvgIpc) is 2.66. The van der Waals surface area contributed by atoms with Crippen molar-refractivity contribution in [2.75, 3.05) is 0 Å². The molecule has 0 bridgehead atoms. The molecule has 0 spiro atoms. The van der Waals surface area contributed by atoms with Gasteiger partial charge in [-0.05, 0) is 24.1 Å². The second-order valence-corrected chi connectivity index (χ2v) is 5.76. The Labute approximate surface area is 119 Å². The van der Waals surface area contributed by atoms with Gasteiger partial charge >= 0.3 is 0 Å². The van der Waals surface area contributed by atoms with Crippen LogP contribution >= 0.6 is 15.9 Å². The van der Waals surface area contributed by atoms with Crippen LogP contribution in [0.2, 0.25) is 0 Å². The summed E-state index contributed by atoms with van der Waals surface area (Å²) < 4.78 is 1.02. The Bertz CT molecular complexity index is 597. The van der Waals surface area contributed by atoms with Gasteiger partial charge in [0.25, 0.3) is 0 Å². The van der Waals surface area contributed by atoms with Gasteiger partial charge < -0.3 is 4.90 Å². The Hall–Kier alpha value is -1.62. The van der Waals surface area contributed by atoms with E-state index < -0.39 is 0 Å². The summed E-state index contributed by atoms with van der Waals surface area (Å²) in [5, 5.41) is 2.40. The first kappa shape index (κ1) is 12.4. The molecule has 1 saturated heterocycles. The van der Waals surface area contributed by atoms with Crippen LogP contribution in [0.15, 0.2) is 29.3 Å². The lowest BCUT2D eigenvalue weighted by Gasteiger charge is -2.31. The fourth-order valence-electron chi connectivity index (χ4n) is 2.69. The molecule has 0 saturated carbocycles. The van der Waals surface area contributed by atoms with Gasteiger partial charge in [0.1, 0.15) is 6.04 Å². The monoisotopic (exact) mass is 320 g/mol. The Kier molecular flexibility index (Phi) is 2.93. The van der Waals surface area contributed by atoms with Crippen molar-refractivity contribution in [2.24, 2.45) is 0 Å². The number of amides is 2. The summed E-state index contributed by atoms with van der Waals surface area (Å²) in [7, 11) is 0. The molecule has 3 rings (SSSR count). The third-order valence-corrected chi connectivity index (χ3v) is 4.15. The van der Waals surface area contributed by atoms with E-state index in [0.29, 0.717) is 19.4 Å². The number of nitrogens with one attached hydrogen (secondary N) is 1. The summed E-state index contributed by atoms with van der Waals surface area (Å²) in [6.07, 6.45) is 0.944. The van der Waals surface area contributed by atoms with E-state index in [0.717, 1.165) is 21.3 Å². The predicted octanol–water partition coefficient (Wildman–Crippen LogP) is 2.04. The van der Waals surface area contributed by atoms with Crippen LogP contribution in [0, 0.1) is 0 Å². The maximum absolute atomic E-state index is 11.9. The highest BCUT2D eigenvalue weighted by molar-refractivity contribution is 9.10. The van der Waals surface area contributed by atoms with Crippen molar-refractivity contribution < 1.29 is 9.59 Å². The van der Waals surface area contributed by atoms with Crippen LogP contribution in [0.3, 0.4) is 0 Å². The molecule has 1 aromatic rings. The van der Waals surface area contributed by atoms with E-state index in [4.69, 9.17) is 0 Å². The van der Waals surface area contributed by atoms with Gasteiger partial charge in [-0.2, -0.15) is 0 Å². The van der Waals surface area contributed by atoms with Gasteiger partial charge in [0.2, 0.25) is 11.8 Å². The molecule has 5 heteroatoms. The lowest BCUT2D eigenvalue weighted by molar-refractivity contribution is -0.136. The molecule has 1 unspecified atom stereocenters. The molecule has 4 nitrogen and oxygen atoms in total. The molecular formula is C14H13BrN2O2. The van der Waals surface area contributed by atoms with Crippen LogP contribution < -0.4 is 5.32 Å². The van der Waals surface area contributed by atoms with E-state index in [1.807, 2.05) is 23.1 Å². The molecule has 1 atom stereocenters. The molecule has 1 aromatic carbocycles. The number of carbonyl (C=O) groups is 2. The molecule has 1 fully saturated rings. The van der Waals surface area contributed by atoms with Gasteiger partial charge in [-0.3, -0.25) is 14.9 Å². The molecule has 2 amide bonds. The number of halogens is 1. The fraction of sp³-hybridized carbons (Fsp3) is 0.286. The number of rotatable bonds is 1. The number of imide groups is 1. The van der Waals surface area contributed by atoms with Crippen molar-refractivity contribution in [1.82, 2.24) is 10.2 Å². The topological polar surface area (TPSA) is 49.4 Å². The number of fused-ring (bicyclic) bond motifs is 1. The van der Waals surface area contributed by atoms with Gasteiger partial charge in [-0.15, -0.1) is 0 Å². The predicted molar refractivity (Wildman–Crippen MR) is 74.9 cm³/mol. The van der Waals surface area contributed by atoms with E-state index in [2.05, 4.69) is 27.8 Å². The van der Waals surface area contributed by atoms with Crippen molar-refractivity contribution in [1.29, 1.82) is 0 Å². The number of hydrogen-bond donors (Lipinski definition) is 1. The minimum atomic E-state index is -0.295. The third-order valence-electron chi connectivity index (χ3n) is 3.65. The highest BCUT2D eigenvalue weighted by atomic mass is 79.9. The minimum Gasteiger partial charge on any atom is -0.355 e. The SMILES string of the molecule is C=C1c2ccc(Br)cc2CN1C1CCC(=O)NC1=O. The number of hydrogen-bond acceptors (Lipinski definition) is 3. The van der Waals surface area contributed by atoms with Gasteiger partial charge in [0, 0.05) is 28.7 Å². The van der Waals surface area contributed by atoms with Crippen LogP contribution in [0.1, 0.15) is 24.0 Å².